The van der Waals surface area contributed by atoms with E-state index < -0.39 is 5.97 Å². The molecule has 0 bridgehead atoms. The van der Waals surface area contributed by atoms with E-state index in [9.17, 15) is 9.90 Å². The van der Waals surface area contributed by atoms with E-state index in [4.69, 9.17) is 0 Å². The van der Waals surface area contributed by atoms with Gasteiger partial charge in [-0.2, -0.15) is 0 Å². The monoisotopic (exact) mass is 119 g/mol. The molecule has 4 N–H and O–H groups in total. The largest absolute Gasteiger partial charge is 0.550 e. The van der Waals surface area contributed by atoms with Crippen molar-refractivity contribution in [1.82, 2.24) is 6.15 Å². The lowest BCUT2D eigenvalue weighted by molar-refractivity contribution is -0.305. The van der Waals surface area contributed by atoms with Crippen LogP contribution in [-0.4, -0.2) is 5.97 Å². The number of rotatable bonds is 3. The Morgan fingerprint density at radius 1 is 1.62 bits per heavy atom. The molecular weight excluding hydrogens is 106 g/mol. The predicted octanol–water partition coefficient (Wildman–Crippen LogP) is 0.303. The van der Waals surface area contributed by atoms with Crippen molar-refractivity contribution in [2.45, 2.75) is 26.2 Å². The van der Waals surface area contributed by atoms with Crippen LogP contribution < -0.4 is 11.3 Å². The SMILES string of the molecule is CCCCC(=O)[O-].[NH4+]. The van der Waals surface area contributed by atoms with E-state index in [0.29, 0.717) is 0 Å². The smallest absolute Gasteiger partial charge is 0.0414 e. The van der Waals surface area contributed by atoms with E-state index >= 15 is 0 Å². The standard InChI is InChI=1S/C5H10O2.H3N/c1-2-3-4-5(6)7;/h2-4H2,1H3,(H,6,7);1H3. The summed E-state index contributed by atoms with van der Waals surface area (Å²) in [5, 5.41) is 9.65. The fourth-order valence-corrected chi connectivity index (χ4v) is 0.321. The van der Waals surface area contributed by atoms with Gasteiger partial charge >= 0.3 is 0 Å². The third-order valence-corrected chi connectivity index (χ3v) is 0.734. The van der Waals surface area contributed by atoms with E-state index in [1.54, 1.807) is 0 Å². The van der Waals surface area contributed by atoms with Crippen LogP contribution in [0.4, 0.5) is 0 Å². The van der Waals surface area contributed by atoms with Crippen molar-refractivity contribution in [2.24, 2.45) is 0 Å². The topological polar surface area (TPSA) is 76.6 Å². The molecule has 0 aromatic carbocycles. The van der Waals surface area contributed by atoms with Gasteiger partial charge in [-0.15, -0.1) is 0 Å². The first-order valence-electron chi connectivity index (χ1n) is 2.47. The van der Waals surface area contributed by atoms with Crippen molar-refractivity contribution in [3.05, 3.63) is 0 Å². The minimum absolute atomic E-state index is 0. The van der Waals surface area contributed by atoms with Gasteiger partial charge in [-0.3, -0.25) is 0 Å². The minimum Gasteiger partial charge on any atom is -0.550 e. The molecule has 0 spiro atoms. The summed E-state index contributed by atoms with van der Waals surface area (Å²) in [7, 11) is 0. The average molecular weight is 119 g/mol. The molecule has 50 valence electrons. The lowest BCUT2D eigenvalue weighted by atomic mass is 10.3. The number of carboxylic acid groups (broad SMARTS) is 1. The Kier molecular flexibility index (Phi) is 8.37. The zero-order valence-corrected chi connectivity index (χ0v) is 5.44. The number of carbonyl (C=O) groups excluding carboxylic acids is 1. The number of carbonyl (C=O) groups is 1. The summed E-state index contributed by atoms with van der Waals surface area (Å²) in [6.07, 6.45) is 1.87. The molecule has 0 aliphatic rings. The van der Waals surface area contributed by atoms with Gasteiger partial charge in [0.05, 0.1) is 0 Å². The maximum absolute atomic E-state index is 9.65. The summed E-state index contributed by atoms with van der Waals surface area (Å²) in [5.41, 5.74) is 0. The van der Waals surface area contributed by atoms with Crippen molar-refractivity contribution >= 4 is 5.97 Å². The Hall–Kier alpha value is -0.570. The molecule has 3 heteroatoms. The number of hydrogen-bond donors (Lipinski definition) is 1. The predicted molar refractivity (Wildman–Crippen MR) is 30.5 cm³/mol. The molecule has 0 amide bonds. The number of aliphatic carboxylic acids is 1. The molecule has 0 aromatic rings. The molecule has 0 rings (SSSR count). The molecule has 0 aliphatic carbocycles. The van der Waals surface area contributed by atoms with Gasteiger partial charge in [-0.05, 0) is 12.8 Å². The van der Waals surface area contributed by atoms with Crippen molar-refractivity contribution < 1.29 is 9.90 Å². The normalized spacial score (nSPS) is 7.62. The van der Waals surface area contributed by atoms with E-state index in [2.05, 4.69) is 0 Å². The van der Waals surface area contributed by atoms with Crippen LogP contribution in [0, 0.1) is 0 Å². The van der Waals surface area contributed by atoms with Crippen LogP contribution in [0.5, 0.6) is 0 Å². The van der Waals surface area contributed by atoms with Gasteiger partial charge in [0, 0.05) is 5.97 Å². The fraction of sp³-hybridized carbons (Fsp3) is 0.800. The first-order chi connectivity index (χ1) is 3.27. The van der Waals surface area contributed by atoms with Crippen molar-refractivity contribution in [1.29, 1.82) is 0 Å². The molecule has 0 aliphatic heterocycles. The van der Waals surface area contributed by atoms with Crippen LogP contribution >= 0.6 is 0 Å². The van der Waals surface area contributed by atoms with Gasteiger partial charge < -0.3 is 16.1 Å². The van der Waals surface area contributed by atoms with Crippen molar-refractivity contribution in [3.63, 3.8) is 0 Å². The summed E-state index contributed by atoms with van der Waals surface area (Å²) in [6, 6.07) is 0. The Bertz CT molecular complexity index is 63.4. The molecule has 8 heavy (non-hydrogen) atoms. The molecule has 0 fully saturated rings. The Morgan fingerprint density at radius 3 is 2.25 bits per heavy atom. The molecule has 0 atom stereocenters. The van der Waals surface area contributed by atoms with E-state index in [1.165, 1.54) is 0 Å². The Balaban J connectivity index is 0. The molecule has 0 heterocycles. The number of quaternary nitrogens is 1. The minimum atomic E-state index is -0.943. The molecule has 0 saturated heterocycles. The van der Waals surface area contributed by atoms with Crippen LogP contribution in [0.25, 0.3) is 0 Å². The third kappa shape index (κ3) is 9.06. The number of hydrogen-bond acceptors (Lipinski definition) is 2. The van der Waals surface area contributed by atoms with Gasteiger partial charge in [0.1, 0.15) is 0 Å². The van der Waals surface area contributed by atoms with E-state index in [1.807, 2.05) is 6.92 Å². The fourth-order valence-electron chi connectivity index (χ4n) is 0.321. The van der Waals surface area contributed by atoms with Gasteiger partial charge in [0.2, 0.25) is 0 Å². The van der Waals surface area contributed by atoms with Gasteiger partial charge in [-0.25, -0.2) is 0 Å². The van der Waals surface area contributed by atoms with Crippen molar-refractivity contribution in [3.8, 4) is 0 Å². The molecule has 0 aromatic heterocycles. The average Bonchev–Trinajstić information content (AvgIpc) is 1.61. The number of carboxylic acids is 1. The summed E-state index contributed by atoms with van der Waals surface area (Å²) in [6.45, 7) is 1.95. The lowest BCUT2D eigenvalue weighted by Gasteiger charge is -1.95. The van der Waals surface area contributed by atoms with Crippen LogP contribution in [0.2, 0.25) is 0 Å². The van der Waals surface area contributed by atoms with Crippen LogP contribution in [-0.2, 0) is 4.79 Å². The first kappa shape index (κ1) is 10.4. The van der Waals surface area contributed by atoms with Crippen LogP contribution in [0.1, 0.15) is 26.2 Å². The Labute approximate surface area is 49.3 Å². The highest BCUT2D eigenvalue weighted by molar-refractivity contribution is 5.63. The first-order valence-corrected chi connectivity index (χ1v) is 2.47. The second-order valence-corrected chi connectivity index (χ2v) is 1.48. The molecule has 0 unspecified atom stereocenters. The second kappa shape index (κ2) is 6.43. The maximum Gasteiger partial charge on any atom is 0.0414 e. The molecule has 3 nitrogen and oxygen atoms in total. The molecular formula is C5H13NO2. The lowest BCUT2D eigenvalue weighted by Crippen LogP contribution is -2.21. The summed E-state index contributed by atoms with van der Waals surface area (Å²) < 4.78 is 0. The summed E-state index contributed by atoms with van der Waals surface area (Å²) in [5.74, 6) is -0.943. The van der Waals surface area contributed by atoms with Crippen molar-refractivity contribution in [2.75, 3.05) is 0 Å². The zero-order valence-electron chi connectivity index (χ0n) is 5.44. The highest BCUT2D eigenvalue weighted by Gasteiger charge is 1.80. The molecule has 0 radical (unpaired) electrons. The van der Waals surface area contributed by atoms with Gasteiger partial charge in [-0.1, -0.05) is 13.3 Å². The van der Waals surface area contributed by atoms with Gasteiger partial charge in [0.25, 0.3) is 0 Å². The van der Waals surface area contributed by atoms with E-state index in [-0.39, 0.29) is 12.6 Å². The summed E-state index contributed by atoms with van der Waals surface area (Å²) in [4.78, 5) is 9.65. The molecule has 0 saturated carbocycles. The Morgan fingerprint density at radius 2 is 2.12 bits per heavy atom. The maximum atomic E-state index is 9.65. The van der Waals surface area contributed by atoms with Crippen LogP contribution in [0.3, 0.4) is 0 Å². The second-order valence-electron chi connectivity index (χ2n) is 1.48. The highest BCUT2D eigenvalue weighted by Crippen LogP contribution is 1.89. The zero-order chi connectivity index (χ0) is 5.70. The highest BCUT2D eigenvalue weighted by atomic mass is 16.4. The summed E-state index contributed by atoms with van der Waals surface area (Å²) >= 11 is 0. The van der Waals surface area contributed by atoms with Gasteiger partial charge in [0.15, 0.2) is 0 Å². The third-order valence-electron chi connectivity index (χ3n) is 0.734. The van der Waals surface area contributed by atoms with Crippen LogP contribution in [0.15, 0.2) is 0 Å². The quantitative estimate of drug-likeness (QED) is 0.580. The number of unbranched alkanes of at least 4 members (excludes halogenated alkanes) is 1. The van der Waals surface area contributed by atoms with E-state index in [0.717, 1.165) is 12.8 Å².